The van der Waals surface area contributed by atoms with Gasteiger partial charge in [0.1, 0.15) is 23.9 Å². The molecule has 0 radical (unpaired) electrons. The quantitative estimate of drug-likeness (QED) is 0.192. The van der Waals surface area contributed by atoms with Crippen molar-refractivity contribution in [3.05, 3.63) is 68.5 Å². The van der Waals surface area contributed by atoms with Crippen LogP contribution in [0.2, 0.25) is 0 Å². The molecule has 0 amide bonds. The summed E-state index contributed by atoms with van der Waals surface area (Å²) >= 11 is 0. The zero-order valence-corrected chi connectivity index (χ0v) is 26.2. The predicted molar refractivity (Wildman–Crippen MR) is 148 cm³/mol. The summed E-state index contributed by atoms with van der Waals surface area (Å²) in [6.07, 6.45) is -1.83. The Balaban J connectivity index is 1.36. The molecule has 1 aromatic heterocycles. The minimum Gasteiger partial charge on any atom is -0.756 e. The first-order valence-electron chi connectivity index (χ1n) is 13.7. The van der Waals surface area contributed by atoms with Crippen LogP contribution in [0.25, 0.3) is 0 Å². The molecule has 248 valence electrons. The van der Waals surface area contributed by atoms with Crippen molar-refractivity contribution in [2.45, 2.75) is 63.1 Å². The van der Waals surface area contributed by atoms with Crippen LogP contribution in [0.1, 0.15) is 49.5 Å². The Morgan fingerprint density at radius 2 is 1.53 bits per heavy atom. The molecule has 0 spiro atoms. The van der Waals surface area contributed by atoms with E-state index in [-0.39, 0.29) is 24.5 Å². The van der Waals surface area contributed by atoms with E-state index >= 15 is 0 Å². The van der Waals surface area contributed by atoms with Crippen LogP contribution in [0.15, 0.2) is 46.1 Å². The molecule has 4 unspecified atom stereocenters. The van der Waals surface area contributed by atoms with Crippen molar-refractivity contribution < 1.29 is 61.0 Å². The van der Waals surface area contributed by atoms with Crippen molar-refractivity contribution in [2.75, 3.05) is 13.2 Å². The highest BCUT2D eigenvalue weighted by atomic mass is 31.3. The van der Waals surface area contributed by atoms with Crippen molar-refractivity contribution in [1.29, 1.82) is 0 Å². The summed E-state index contributed by atoms with van der Waals surface area (Å²) in [6.45, 7) is -1.50. The third-order valence-electron chi connectivity index (χ3n) is 6.93. The summed E-state index contributed by atoms with van der Waals surface area (Å²) in [5.74, 6) is 5.24. The average molecular weight is 691 g/mol. The number of aliphatic hydroxyl groups excluding tert-OH is 2. The maximum absolute atomic E-state index is 12.5. The summed E-state index contributed by atoms with van der Waals surface area (Å²) < 4.78 is 58.8. The van der Waals surface area contributed by atoms with Gasteiger partial charge in [-0.3, -0.25) is 28.0 Å². The van der Waals surface area contributed by atoms with Crippen LogP contribution in [-0.2, 0) is 42.5 Å². The van der Waals surface area contributed by atoms with Crippen molar-refractivity contribution in [1.82, 2.24) is 9.55 Å². The molecule has 1 aliphatic heterocycles. The number of aliphatic hydroxyl groups is 2. The largest absolute Gasteiger partial charge is 0.756 e. The standard InChI is InChI=1S/C25H33N2O15P3/c28-21-20(16-39-44(34,35)42-45(36,37)41-43(32,33)38-15-18-10-5-2-6-11-18)40-24(22(21)29)27-14-19(23(30)26-25(27)31)13-7-12-17-8-3-1-4-9-17/h1,3-4,8-9,14,18,20-22,24,28-29H,2,5-6,10-12,15-16H2,(H,32,33)(H,34,35)(H,36,37)(H,26,30,31)/p-3/t20-,21+,22?,24-/m1/s1. The van der Waals surface area contributed by atoms with E-state index in [0.717, 1.165) is 31.0 Å². The minimum atomic E-state index is -6.10. The van der Waals surface area contributed by atoms with Gasteiger partial charge in [0.05, 0.1) is 13.2 Å². The Kier molecular flexibility index (Phi) is 11.9. The molecule has 20 heteroatoms. The average Bonchev–Trinajstić information content (AvgIpc) is 3.25. The Morgan fingerprint density at radius 1 is 0.911 bits per heavy atom. The number of rotatable bonds is 12. The number of nitrogens with zero attached hydrogens (tertiary/aromatic N) is 1. The summed E-state index contributed by atoms with van der Waals surface area (Å²) in [4.78, 5) is 62.8. The zero-order chi connectivity index (χ0) is 32.8. The van der Waals surface area contributed by atoms with E-state index in [4.69, 9.17) is 4.74 Å². The number of H-pyrrole nitrogens is 1. The molecule has 1 aromatic carbocycles. The second-order valence-corrected chi connectivity index (χ2v) is 14.8. The Morgan fingerprint density at radius 3 is 2.18 bits per heavy atom. The molecule has 2 aromatic rings. The van der Waals surface area contributed by atoms with Gasteiger partial charge in [-0.25, -0.2) is 13.4 Å². The van der Waals surface area contributed by atoms with E-state index in [9.17, 15) is 48.2 Å². The number of hydrogen-bond donors (Lipinski definition) is 3. The molecule has 17 nitrogen and oxygen atoms in total. The van der Waals surface area contributed by atoms with Crippen molar-refractivity contribution in [3.63, 3.8) is 0 Å². The highest BCUT2D eigenvalue weighted by Crippen LogP contribution is 2.63. The van der Waals surface area contributed by atoms with Gasteiger partial charge in [0.25, 0.3) is 29.0 Å². The first-order valence-corrected chi connectivity index (χ1v) is 18.1. The molecule has 2 fully saturated rings. The molecule has 4 rings (SSSR count). The van der Waals surface area contributed by atoms with Gasteiger partial charge >= 0.3 is 5.69 Å². The van der Waals surface area contributed by atoms with Gasteiger partial charge in [0.2, 0.25) is 0 Å². The van der Waals surface area contributed by atoms with E-state index in [1.54, 1.807) is 12.1 Å². The molecular weight excluding hydrogens is 661 g/mol. The maximum Gasteiger partial charge on any atom is 0.330 e. The lowest BCUT2D eigenvalue weighted by molar-refractivity contribution is -0.252. The van der Waals surface area contributed by atoms with Gasteiger partial charge in [-0.1, -0.05) is 61.4 Å². The zero-order valence-electron chi connectivity index (χ0n) is 23.5. The molecule has 1 saturated carbocycles. The second-order valence-electron chi connectivity index (χ2n) is 10.3. The highest BCUT2D eigenvalue weighted by molar-refractivity contribution is 7.65. The van der Waals surface area contributed by atoms with Crippen LogP contribution >= 0.6 is 23.5 Å². The topological polar surface area (TPSA) is 262 Å². The first-order chi connectivity index (χ1) is 21.1. The van der Waals surface area contributed by atoms with Gasteiger partial charge < -0.3 is 38.7 Å². The van der Waals surface area contributed by atoms with Crippen LogP contribution in [0, 0.1) is 17.8 Å². The van der Waals surface area contributed by atoms with Gasteiger partial charge in [-0.15, -0.1) is 0 Å². The van der Waals surface area contributed by atoms with Crippen molar-refractivity contribution >= 4 is 23.5 Å². The Bertz CT molecular complexity index is 1650. The minimum absolute atomic E-state index is 0.145. The molecule has 45 heavy (non-hydrogen) atoms. The Hall–Kier alpha value is -2.25. The fourth-order valence-corrected chi connectivity index (χ4v) is 8.17. The summed E-state index contributed by atoms with van der Waals surface area (Å²) in [5, 5.41) is 20.9. The van der Waals surface area contributed by atoms with Gasteiger partial charge in [-0.2, -0.15) is 0 Å². The van der Waals surface area contributed by atoms with E-state index in [0.29, 0.717) is 17.4 Å². The number of aromatic amines is 1. The van der Waals surface area contributed by atoms with E-state index < -0.39 is 65.9 Å². The lowest BCUT2D eigenvalue weighted by Gasteiger charge is -2.35. The molecular formula is C25H30N2O15P3-3. The van der Waals surface area contributed by atoms with E-state index in [1.807, 2.05) is 23.2 Å². The number of phosphoric acid groups is 3. The number of aromatic nitrogens is 2. The third-order valence-corrected chi connectivity index (χ3v) is 11.1. The third kappa shape index (κ3) is 10.4. The highest BCUT2D eigenvalue weighted by Gasteiger charge is 2.45. The SMILES string of the molecule is O=c1[nH]c(=O)n([C@@H]2O[C@H](COP(=O)([O-])OP(=O)([O-])OP(=O)([O-])OCC3CCCCC3)[C@H](O)C2O)cc1C#CCc1ccccc1. The van der Waals surface area contributed by atoms with Gasteiger partial charge in [0, 0.05) is 12.6 Å². The lowest BCUT2D eigenvalue weighted by Crippen LogP contribution is -2.38. The van der Waals surface area contributed by atoms with Crippen LogP contribution in [0.3, 0.4) is 0 Å². The second kappa shape index (κ2) is 15.1. The summed E-state index contributed by atoms with van der Waals surface area (Å²) in [5.41, 5.74) is -1.21. The number of ether oxygens (including phenoxy) is 1. The van der Waals surface area contributed by atoms with Gasteiger partial charge in [-0.05, 0) is 24.3 Å². The summed E-state index contributed by atoms with van der Waals surface area (Å²) in [6, 6.07) is 9.06. The number of phosphoric ester groups is 2. The molecule has 0 bridgehead atoms. The van der Waals surface area contributed by atoms with Crippen molar-refractivity contribution in [2.24, 2.45) is 5.92 Å². The molecule has 3 N–H and O–H groups in total. The van der Waals surface area contributed by atoms with E-state index in [1.165, 1.54) is 0 Å². The number of nitrogens with one attached hydrogen (secondary N) is 1. The predicted octanol–water partition coefficient (Wildman–Crippen LogP) is -0.198. The lowest BCUT2D eigenvalue weighted by atomic mass is 9.90. The molecule has 2 aliphatic rings. The van der Waals surface area contributed by atoms with Crippen LogP contribution in [0.5, 0.6) is 0 Å². The molecule has 1 saturated heterocycles. The van der Waals surface area contributed by atoms with Crippen LogP contribution < -0.4 is 25.9 Å². The van der Waals surface area contributed by atoms with Gasteiger partial charge in [0.15, 0.2) is 6.23 Å². The molecule has 2 heterocycles. The number of benzene rings is 1. The van der Waals surface area contributed by atoms with Crippen LogP contribution in [-0.4, -0.2) is 51.3 Å². The maximum atomic E-state index is 12.5. The van der Waals surface area contributed by atoms with Crippen molar-refractivity contribution in [3.8, 4) is 11.8 Å². The first kappa shape index (κ1) is 35.6. The molecule has 1 aliphatic carbocycles. The number of hydrogen-bond acceptors (Lipinski definition) is 15. The Labute approximate surface area is 256 Å². The fourth-order valence-electron chi connectivity index (χ4n) is 4.72. The smallest absolute Gasteiger partial charge is 0.330 e. The van der Waals surface area contributed by atoms with Crippen LogP contribution in [0.4, 0.5) is 0 Å². The monoisotopic (exact) mass is 691 g/mol. The summed E-state index contributed by atoms with van der Waals surface area (Å²) in [7, 11) is -17.5. The van der Waals surface area contributed by atoms with E-state index in [2.05, 4.69) is 29.5 Å². The molecule has 7 atom stereocenters. The normalized spacial score (nSPS) is 26.2. The fraction of sp³-hybridized carbons (Fsp3) is 0.520.